The summed E-state index contributed by atoms with van der Waals surface area (Å²) in [5, 5.41) is 0. The Hall–Kier alpha value is -2.82. The molecule has 0 spiro atoms. The van der Waals surface area contributed by atoms with Gasteiger partial charge in [-0.15, -0.1) is 0 Å². The van der Waals surface area contributed by atoms with E-state index in [9.17, 15) is 0 Å². The van der Waals surface area contributed by atoms with Crippen LogP contribution in [0.4, 0.5) is 5.69 Å². The summed E-state index contributed by atoms with van der Waals surface area (Å²) in [6, 6.07) is 27.3. The lowest BCUT2D eigenvalue weighted by atomic mass is 9.97. The first-order chi connectivity index (χ1) is 13.3. The summed E-state index contributed by atoms with van der Waals surface area (Å²) in [5.74, 6) is 0.950. The molecule has 3 aromatic carbocycles. The van der Waals surface area contributed by atoms with E-state index in [1.807, 2.05) is 24.3 Å². The zero-order valence-corrected chi connectivity index (χ0v) is 15.3. The number of hydrogen-bond donors (Lipinski definition) is 3. The van der Waals surface area contributed by atoms with Crippen molar-refractivity contribution in [3.05, 3.63) is 95.6 Å². The van der Waals surface area contributed by atoms with E-state index in [-0.39, 0.29) is 12.1 Å². The molecule has 1 heterocycles. The van der Waals surface area contributed by atoms with Crippen molar-refractivity contribution in [1.82, 2.24) is 10.9 Å². The van der Waals surface area contributed by atoms with Gasteiger partial charge < -0.3 is 10.5 Å². The molecule has 1 fully saturated rings. The van der Waals surface area contributed by atoms with Gasteiger partial charge in [-0.2, -0.15) is 0 Å². The van der Waals surface area contributed by atoms with Crippen molar-refractivity contribution in [3.8, 4) is 5.75 Å². The molecule has 138 valence electrons. The first-order valence-corrected chi connectivity index (χ1v) is 9.42. The third kappa shape index (κ3) is 4.30. The Labute approximate surface area is 160 Å². The number of para-hydroxylation sites is 1. The number of hydrazine groups is 1. The van der Waals surface area contributed by atoms with Crippen LogP contribution in [-0.2, 0) is 6.42 Å². The molecule has 4 rings (SSSR count). The maximum atomic E-state index is 6.13. The molecule has 0 bridgehead atoms. The van der Waals surface area contributed by atoms with Crippen molar-refractivity contribution >= 4 is 5.69 Å². The average Bonchev–Trinajstić information content (AvgIpc) is 3.20. The molecule has 0 aliphatic carbocycles. The van der Waals surface area contributed by atoms with E-state index >= 15 is 0 Å². The van der Waals surface area contributed by atoms with E-state index in [0.717, 1.165) is 24.3 Å². The summed E-state index contributed by atoms with van der Waals surface area (Å²) < 4.78 is 6.13. The van der Waals surface area contributed by atoms with Crippen LogP contribution in [0.25, 0.3) is 0 Å². The summed E-state index contributed by atoms with van der Waals surface area (Å²) >= 11 is 0. The van der Waals surface area contributed by atoms with Crippen LogP contribution < -0.4 is 21.3 Å². The molecule has 1 aliphatic heterocycles. The number of hydrogen-bond acceptors (Lipinski definition) is 4. The summed E-state index contributed by atoms with van der Waals surface area (Å²) in [7, 11) is 0. The monoisotopic (exact) mass is 359 g/mol. The van der Waals surface area contributed by atoms with Crippen molar-refractivity contribution < 1.29 is 4.74 Å². The topological polar surface area (TPSA) is 59.3 Å². The molecule has 0 radical (unpaired) electrons. The van der Waals surface area contributed by atoms with Crippen molar-refractivity contribution in [2.45, 2.75) is 24.9 Å². The Morgan fingerprint density at radius 2 is 1.52 bits per heavy atom. The lowest BCUT2D eigenvalue weighted by molar-refractivity contribution is 0.315. The molecular formula is C23H25N3O. The van der Waals surface area contributed by atoms with Gasteiger partial charge >= 0.3 is 0 Å². The molecule has 0 amide bonds. The van der Waals surface area contributed by atoms with Crippen molar-refractivity contribution in [3.63, 3.8) is 0 Å². The first-order valence-electron chi connectivity index (χ1n) is 9.42. The van der Waals surface area contributed by atoms with Crippen molar-refractivity contribution in [2.75, 3.05) is 12.3 Å². The van der Waals surface area contributed by atoms with E-state index in [1.165, 1.54) is 16.7 Å². The number of rotatable bonds is 6. The number of benzene rings is 3. The second-order valence-corrected chi connectivity index (χ2v) is 6.92. The number of nitrogens with two attached hydrogens (primary N) is 1. The summed E-state index contributed by atoms with van der Waals surface area (Å²) in [5.41, 5.74) is 17.1. The van der Waals surface area contributed by atoms with Gasteiger partial charge in [0, 0.05) is 23.7 Å². The molecule has 3 aromatic rings. The lowest BCUT2D eigenvalue weighted by Gasteiger charge is -2.16. The normalized spacial score (nSPS) is 19.1. The lowest BCUT2D eigenvalue weighted by Crippen LogP contribution is -2.27. The van der Waals surface area contributed by atoms with Crippen LogP contribution in [0.2, 0.25) is 0 Å². The predicted octanol–water partition coefficient (Wildman–Crippen LogP) is 4.17. The van der Waals surface area contributed by atoms with Crippen LogP contribution in [0, 0.1) is 0 Å². The molecule has 27 heavy (non-hydrogen) atoms. The number of anilines is 1. The molecule has 0 saturated carbocycles. The third-order valence-electron chi connectivity index (χ3n) is 5.03. The van der Waals surface area contributed by atoms with Crippen LogP contribution >= 0.6 is 0 Å². The number of nitrogens with one attached hydrogen (secondary N) is 2. The minimum atomic E-state index is 0.209. The summed E-state index contributed by atoms with van der Waals surface area (Å²) in [6.07, 6.45) is 1.86. The first kappa shape index (κ1) is 17.6. The highest BCUT2D eigenvalue weighted by Crippen LogP contribution is 2.35. The third-order valence-corrected chi connectivity index (χ3v) is 5.03. The highest BCUT2D eigenvalue weighted by atomic mass is 16.5. The zero-order chi connectivity index (χ0) is 18.5. The zero-order valence-electron chi connectivity index (χ0n) is 15.3. The van der Waals surface area contributed by atoms with E-state index in [4.69, 9.17) is 10.5 Å². The Balaban J connectivity index is 1.41. The fourth-order valence-corrected chi connectivity index (χ4v) is 3.53. The van der Waals surface area contributed by atoms with E-state index in [0.29, 0.717) is 6.61 Å². The van der Waals surface area contributed by atoms with E-state index in [2.05, 4.69) is 65.4 Å². The number of ether oxygens (including phenoxy) is 1. The maximum absolute atomic E-state index is 6.13. The molecule has 4 heteroatoms. The summed E-state index contributed by atoms with van der Waals surface area (Å²) in [6.45, 7) is 0.669. The minimum absolute atomic E-state index is 0.209. The summed E-state index contributed by atoms with van der Waals surface area (Å²) in [4.78, 5) is 0. The van der Waals surface area contributed by atoms with E-state index in [1.54, 1.807) is 0 Å². The number of nitrogen functional groups attached to an aromatic ring is 1. The SMILES string of the molecule is Nc1ccc(C2CC(c3ccccc3OCCc3ccccc3)NN2)cc1. The smallest absolute Gasteiger partial charge is 0.124 e. The van der Waals surface area contributed by atoms with Crippen LogP contribution in [-0.4, -0.2) is 6.61 Å². The minimum Gasteiger partial charge on any atom is -0.493 e. The molecule has 4 nitrogen and oxygen atoms in total. The standard InChI is InChI=1S/C23H25N3O/c24-19-12-10-18(11-13-19)21-16-22(26-25-21)20-8-4-5-9-23(20)27-15-14-17-6-2-1-3-7-17/h1-13,21-22,25-26H,14-16,24H2. The van der Waals surface area contributed by atoms with Gasteiger partial charge in [0.1, 0.15) is 5.75 Å². The second kappa shape index (κ2) is 8.25. The van der Waals surface area contributed by atoms with Gasteiger partial charge in [0.05, 0.1) is 12.6 Å². The van der Waals surface area contributed by atoms with Crippen LogP contribution in [0.5, 0.6) is 5.75 Å². The second-order valence-electron chi connectivity index (χ2n) is 6.92. The highest BCUT2D eigenvalue weighted by molar-refractivity contribution is 5.41. The van der Waals surface area contributed by atoms with Gasteiger partial charge in [0.25, 0.3) is 0 Å². The van der Waals surface area contributed by atoms with Crippen molar-refractivity contribution in [1.29, 1.82) is 0 Å². The average molecular weight is 359 g/mol. The van der Waals surface area contributed by atoms with Crippen LogP contribution in [0.1, 0.15) is 35.2 Å². The molecule has 1 saturated heterocycles. The van der Waals surface area contributed by atoms with Gasteiger partial charge in [0.2, 0.25) is 0 Å². The predicted molar refractivity (Wildman–Crippen MR) is 109 cm³/mol. The molecule has 1 aliphatic rings. The van der Waals surface area contributed by atoms with Gasteiger partial charge in [-0.05, 0) is 35.7 Å². The molecular weight excluding hydrogens is 334 g/mol. The fraction of sp³-hybridized carbons (Fsp3) is 0.217. The van der Waals surface area contributed by atoms with Gasteiger partial charge in [-0.25, -0.2) is 10.9 Å². The van der Waals surface area contributed by atoms with E-state index < -0.39 is 0 Å². The van der Waals surface area contributed by atoms with Crippen molar-refractivity contribution in [2.24, 2.45) is 0 Å². The quantitative estimate of drug-likeness (QED) is 0.578. The fourth-order valence-electron chi connectivity index (χ4n) is 3.53. The largest absolute Gasteiger partial charge is 0.493 e. The Morgan fingerprint density at radius 3 is 2.33 bits per heavy atom. The van der Waals surface area contributed by atoms with Crippen LogP contribution in [0.3, 0.4) is 0 Å². The van der Waals surface area contributed by atoms with Crippen LogP contribution in [0.15, 0.2) is 78.9 Å². The molecule has 2 unspecified atom stereocenters. The Bertz CT molecular complexity index is 864. The van der Waals surface area contributed by atoms with Gasteiger partial charge in [-0.3, -0.25) is 0 Å². The van der Waals surface area contributed by atoms with Gasteiger partial charge in [0.15, 0.2) is 0 Å². The molecule has 4 N–H and O–H groups in total. The molecule has 2 atom stereocenters. The maximum Gasteiger partial charge on any atom is 0.124 e. The Morgan fingerprint density at radius 1 is 0.815 bits per heavy atom. The van der Waals surface area contributed by atoms with Gasteiger partial charge in [-0.1, -0.05) is 60.7 Å². The Kier molecular flexibility index (Phi) is 5.37. The molecule has 0 aromatic heterocycles. The highest BCUT2D eigenvalue weighted by Gasteiger charge is 2.28.